The molecule has 0 aliphatic carbocycles. The number of aryl methyl sites for hydroxylation is 1. The molecule has 0 bridgehead atoms. The summed E-state index contributed by atoms with van der Waals surface area (Å²) in [6.07, 6.45) is 2.59. The molecule has 7 nitrogen and oxygen atoms in total. The van der Waals surface area contributed by atoms with E-state index in [1.54, 1.807) is 17.5 Å². The van der Waals surface area contributed by atoms with Crippen LogP contribution in [-0.4, -0.2) is 40.6 Å². The van der Waals surface area contributed by atoms with Crippen LogP contribution in [0.1, 0.15) is 12.1 Å². The summed E-state index contributed by atoms with van der Waals surface area (Å²) in [6.45, 7) is 4.18. The van der Waals surface area contributed by atoms with E-state index < -0.39 is 0 Å². The van der Waals surface area contributed by atoms with E-state index in [0.717, 1.165) is 28.2 Å². The van der Waals surface area contributed by atoms with Crippen LogP contribution < -0.4 is 5.32 Å². The minimum atomic E-state index is -0.0304. The van der Waals surface area contributed by atoms with Crippen LogP contribution in [0.4, 0.5) is 0 Å². The molecule has 26 heavy (non-hydrogen) atoms. The van der Waals surface area contributed by atoms with Crippen molar-refractivity contribution in [2.45, 2.75) is 19.9 Å². The summed E-state index contributed by atoms with van der Waals surface area (Å²) in [5.41, 5.74) is 2.72. The summed E-state index contributed by atoms with van der Waals surface area (Å²) in [6, 6.07) is 5.97. The average Bonchev–Trinajstić information content (AvgIpc) is 3.41. The van der Waals surface area contributed by atoms with Gasteiger partial charge in [0, 0.05) is 19.2 Å². The number of nitrogens with zero attached hydrogens (tertiary/aromatic N) is 3. The molecule has 4 rings (SSSR count). The normalized spacial score (nSPS) is 16.9. The highest BCUT2D eigenvalue weighted by atomic mass is 32.1. The van der Waals surface area contributed by atoms with Crippen molar-refractivity contribution in [1.29, 1.82) is 0 Å². The van der Waals surface area contributed by atoms with Crippen LogP contribution in [0.5, 0.6) is 0 Å². The SMILES string of the molecule is Cc1cc(-c2cnn(CCNC(=O)C3CCOC3)c2-c2cccs2)on1. The minimum absolute atomic E-state index is 0.0304. The van der Waals surface area contributed by atoms with E-state index in [2.05, 4.69) is 21.6 Å². The second-order valence-corrected chi connectivity index (χ2v) is 7.24. The third-order valence-corrected chi connectivity index (χ3v) is 5.29. The van der Waals surface area contributed by atoms with Crippen LogP contribution in [0.25, 0.3) is 21.9 Å². The monoisotopic (exact) mass is 372 g/mol. The van der Waals surface area contributed by atoms with E-state index in [-0.39, 0.29) is 11.8 Å². The zero-order valence-corrected chi connectivity index (χ0v) is 15.3. The van der Waals surface area contributed by atoms with E-state index in [1.807, 2.05) is 29.1 Å². The van der Waals surface area contributed by atoms with Crippen molar-refractivity contribution in [3.8, 4) is 21.9 Å². The molecule has 1 fully saturated rings. The Balaban J connectivity index is 1.52. The highest BCUT2D eigenvalue weighted by molar-refractivity contribution is 7.13. The number of hydrogen-bond acceptors (Lipinski definition) is 6. The third-order valence-electron chi connectivity index (χ3n) is 4.41. The van der Waals surface area contributed by atoms with Gasteiger partial charge in [-0.05, 0) is 24.8 Å². The Kier molecular flexibility index (Phi) is 4.85. The number of nitrogens with one attached hydrogen (secondary N) is 1. The highest BCUT2D eigenvalue weighted by Gasteiger charge is 2.23. The number of ether oxygens (including phenoxy) is 1. The zero-order chi connectivity index (χ0) is 17.9. The van der Waals surface area contributed by atoms with Gasteiger partial charge in [-0.3, -0.25) is 9.48 Å². The quantitative estimate of drug-likeness (QED) is 0.719. The number of rotatable bonds is 6. The standard InChI is InChI=1S/C18H20N4O3S/c1-12-9-15(25-21-12)14-10-20-22(17(14)16-3-2-8-26-16)6-5-19-18(23)13-4-7-24-11-13/h2-3,8-10,13H,4-7,11H2,1H3,(H,19,23). The molecule has 0 radical (unpaired) electrons. The number of carbonyl (C=O) groups excluding carboxylic acids is 1. The second-order valence-electron chi connectivity index (χ2n) is 6.29. The summed E-state index contributed by atoms with van der Waals surface area (Å²) in [5, 5.41) is 13.5. The van der Waals surface area contributed by atoms with Gasteiger partial charge >= 0.3 is 0 Å². The molecule has 0 saturated carbocycles. The van der Waals surface area contributed by atoms with Crippen LogP contribution in [0.2, 0.25) is 0 Å². The van der Waals surface area contributed by atoms with Gasteiger partial charge in [-0.25, -0.2) is 0 Å². The maximum Gasteiger partial charge on any atom is 0.225 e. The van der Waals surface area contributed by atoms with E-state index in [4.69, 9.17) is 9.26 Å². The summed E-state index contributed by atoms with van der Waals surface area (Å²) in [5.74, 6) is 0.722. The molecule has 1 N–H and O–H groups in total. The van der Waals surface area contributed by atoms with Crippen LogP contribution in [-0.2, 0) is 16.1 Å². The molecule has 1 aliphatic heterocycles. The van der Waals surface area contributed by atoms with Crippen LogP contribution in [0.3, 0.4) is 0 Å². The van der Waals surface area contributed by atoms with Crippen molar-refractivity contribution in [1.82, 2.24) is 20.3 Å². The maximum atomic E-state index is 12.1. The van der Waals surface area contributed by atoms with Gasteiger partial charge in [-0.2, -0.15) is 5.10 Å². The Bertz CT molecular complexity index is 878. The molecule has 1 atom stereocenters. The molecule has 1 saturated heterocycles. The van der Waals surface area contributed by atoms with Crippen molar-refractivity contribution in [3.05, 3.63) is 35.5 Å². The fourth-order valence-corrected chi connectivity index (χ4v) is 3.86. The molecular formula is C18H20N4O3S. The van der Waals surface area contributed by atoms with Gasteiger partial charge in [0.25, 0.3) is 0 Å². The second kappa shape index (κ2) is 7.43. The van der Waals surface area contributed by atoms with Gasteiger partial charge in [0.05, 0.1) is 47.1 Å². The number of hydrogen-bond donors (Lipinski definition) is 1. The predicted molar refractivity (Wildman–Crippen MR) is 97.7 cm³/mol. The molecule has 3 aromatic heterocycles. The molecule has 8 heteroatoms. The van der Waals surface area contributed by atoms with E-state index in [1.165, 1.54) is 0 Å². The van der Waals surface area contributed by atoms with E-state index in [0.29, 0.717) is 32.1 Å². The molecule has 0 aromatic carbocycles. The fraction of sp³-hybridized carbons (Fsp3) is 0.389. The van der Waals surface area contributed by atoms with Gasteiger partial charge < -0.3 is 14.6 Å². The van der Waals surface area contributed by atoms with Crippen molar-refractivity contribution in [3.63, 3.8) is 0 Å². The first-order valence-corrected chi connectivity index (χ1v) is 9.49. The van der Waals surface area contributed by atoms with Crippen molar-refractivity contribution in [2.24, 2.45) is 5.92 Å². The fourth-order valence-electron chi connectivity index (χ4n) is 3.07. The smallest absolute Gasteiger partial charge is 0.225 e. The summed E-state index contributed by atoms with van der Waals surface area (Å²) >= 11 is 1.64. The lowest BCUT2D eigenvalue weighted by molar-refractivity contribution is -0.124. The lowest BCUT2D eigenvalue weighted by Gasteiger charge is -2.11. The predicted octanol–water partition coefficient (Wildman–Crippen LogP) is 2.73. The first-order chi connectivity index (χ1) is 12.7. The average molecular weight is 372 g/mol. The maximum absolute atomic E-state index is 12.1. The van der Waals surface area contributed by atoms with Crippen molar-refractivity contribution >= 4 is 17.2 Å². The number of thiophene rings is 1. The zero-order valence-electron chi connectivity index (χ0n) is 14.5. The highest BCUT2D eigenvalue weighted by Crippen LogP contribution is 2.34. The molecule has 1 amide bonds. The number of aromatic nitrogens is 3. The van der Waals surface area contributed by atoms with Gasteiger partial charge in [0.15, 0.2) is 5.76 Å². The first-order valence-electron chi connectivity index (χ1n) is 8.61. The summed E-state index contributed by atoms with van der Waals surface area (Å²) < 4.78 is 12.6. The molecule has 3 aromatic rings. The largest absolute Gasteiger partial charge is 0.381 e. The summed E-state index contributed by atoms with van der Waals surface area (Å²) in [7, 11) is 0. The Morgan fingerprint density at radius 1 is 1.50 bits per heavy atom. The van der Waals surface area contributed by atoms with Gasteiger partial charge in [-0.15, -0.1) is 11.3 Å². The van der Waals surface area contributed by atoms with Crippen LogP contribution in [0.15, 0.2) is 34.3 Å². The lowest BCUT2D eigenvalue weighted by atomic mass is 10.1. The molecule has 4 heterocycles. The Hall–Kier alpha value is -2.45. The van der Waals surface area contributed by atoms with Gasteiger partial charge in [-0.1, -0.05) is 11.2 Å². The molecule has 0 spiro atoms. The van der Waals surface area contributed by atoms with Crippen molar-refractivity contribution in [2.75, 3.05) is 19.8 Å². The topological polar surface area (TPSA) is 82.2 Å². The minimum Gasteiger partial charge on any atom is -0.381 e. The van der Waals surface area contributed by atoms with Gasteiger partial charge in [0.1, 0.15) is 0 Å². The molecule has 1 unspecified atom stereocenters. The third kappa shape index (κ3) is 3.42. The Morgan fingerprint density at radius 2 is 2.42 bits per heavy atom. The Labute approximate surface area is 154 Å². The van der Waals surface area contributed by atoms with E-state index in [9.17, 15) is 4.79 Å². The van der Waals surface area contributed by atoms with Crippen LogP contribution in [0, 0.1) is 12.8 Å². The van der Waals surface area contributed by atoms with Crippen molar-refractivity contribution < 1.29 is 14.1 Å². The lowest BCUT2D eigenvalue weighted by Crippen LogP contribution is -2.33. The van der Waals surface area contributed by atoms with E-state index >= 15 is 0 Å². The molecule has 136 valence electrons. The number of carbonyl (C=O) groups is 1. The Morgan fingerprint density at radius 3 is 3.12 bits per heavy atom. The number of amides is 1. The molecule has 1 aliphatic rings. The summed E-state index contributed by atoms with van der Waals surface area (Å²) in [4.78, 5) is 13.2. The molecular weight excluding hydrogens is 352 g/mol. The van der Waals surface area contributed by atoms with Gasteiger partial charge in [0.2, 0.25) is 5.91 Å². The van der Waals surface area contributed by atoms with Crippen LogP contribution >= 0.6 is 11.3 Å². The first kappa shape index (κ1) is 17.0.